The molecule has 0 spiro atoms. The summed E-state index contributed by atoms with van der Waals surface area (Å²) < 4.78 is 5.73. The topological polar surface area (TPSA) is 62.5 Å². The van der Waals surface area contributed by atoms with Gasteiger partial charge in [0.2, 0.25) is 5.91 Å². The molecule has 1 fully saturated rings. The first-order chi connectivity index (χ1) is 10.3. The van der Waals surface area contributed by atoms with Crippen LogP contribution in [0.5, 0.6) is 0 Å². The van der Waals surface area contributed by atoms with E-state index < -0.39 is 0 Å². The van der Waals surface area contributed by atoms with Gasteiger partial charge in [0, 0.05) is 18.5 Å². The zero-order valence-corrected chi connectivity index (χ0v) is 13.9. The molecule has 0 saturated heterocycles. The fourth-order valence-electron chi connectivity index (χ4n) is 2.79. The third-order valence-electron chi connectivity index (χ3n) is 4.11. The molecule has 3 atom stereocenters. The average molecular weight is 305 g/mol. The van der Waals surface area contributed by atoms with Crippen molar-refractivity contribution in [2.24, 2.45) is 11.3 Å². The van der Waals surface area contributed by atoms with E-state index in [-0.39, 0.29) is 17.4 Å². The molecule has 1 aromatic rings. The Labute approximate surface area is 132 Å². The van der Waals surface area contributed by atoms with Crippen LogP contribution in [0.15, 0.2) is 22.6 Å². The Balaban J connectivity index is 1.80. The van der Waals surface area contributed by atoms with E-state index in [4.69, 9.17) is 4.42 Å². The second kappa shape index (κ2) is 6.69. The van der Waals surface area contributed by atoms with Gasteiger partial charge < -0.3 is 14.8 Å². The molecule has 1 amide bonds. The molecule has 22 heavy (non-hydrogen) atoms. The van der Waals surface area contributed by atoms with Crippen LogP contribution >= 0.6 is 0 Å². The summed E-state index contributed by atoms with van der Waals surface area (Å²) in [5.74, 6) is 2.86. The minimum Gasteiger partial charge on any atom is -0.461 e. The summed E-state index contributed by atoms with van der Waals surface area (Å²) in [6.45, 7) is 8.56. The molecule has 2 rings (SSSR count). The van der Waals surface area contributed by atoms with Crippen molar-refractivity contribution in [1.82, 2.24) is 5.32 Å². The fourth-order valence-corrected chi connectivity index (χ4v) is 2.79. The number of aliphatic hydroxyl groups excluding tert-OH is 1. The number of furan rings is 1. The van der Waals surface area contributed by atoms with Gasteiger partial charge in [-0.15, -0.1) is 0 Å². The van der Waals surface area contributed by atoms with E-state index in [0.717, 1.165) is 5.76 Å². The van der Waals surface area contributed by atoms with Crippen LogP contribution in [0.3, 0.4) is 0 Å². The Bertz CT molecular complexity index is 542. The zero-order chi connectivity index (χ0) is 16.3. The van der Waals surface area contributed by atoms with Crippen LogP contribution in [0.25, 0.3) is 6.08 Å². The van der Waals surface area contributed by atoms with Crippen molar-refractivity contribution in [1.29, 1.82) is 0 Å². The maximum atomic E-state index is 11.9. The molecule has 0 radical (unpaired) electrons. The zero-order valence-electron chi connectivity index (χ0n) is 13.9. The number of hydrogen-bond donors (Lipinski definition) is 2. The van der Waals surface area contributed by atoms with Gasteiger partial charge in [-0.1, -0.05) is 20.8 Å². The summed E-state index contributed by atoms with van der Waals surface area (Å²) in [6, 6.07) is 3.90. The summed E-state index contributed by atoms with van der Waals surface area (Å²) in [7, 11) is 0. The highest BCUT2D eigenvalue weighted by Gasteiger charge is 2.36. The minimum atomic E-state index is -0.367. The second-order valence-electron chi connectivity index (χ2n) is 7.33. The first-order valence-corrected chi connectivity index (χ1v) is 8.00. The van der Waals surface area contributed by atoms with Gasteiger partial charge in [-0.2, -0.15) is 0 Å². The van der Waals surface area contributed by atoms with E-state index in [2.05, 4.69) is 12.2 Å². The summed E-state index contributed by atoms with van der Waals surface area (Å²) >= 11 is 0. The molecule has 2 N–H and O–H groups in total. The van der Waals surface area contributed by atoms with E-state index in [9.17, 15) is 9.90 Å². The lowest BCUT2D eigenvalue weighted by atomic mass is 9.87. The maximum Gasteiger partial charge on any atom is 0.244 e. The van der Waals surface area contributed by atoms with Gasteiger partial charge in [-0.3, -0.25) is 4.79 Å². The summed E-state index contributed by atoms with van der Waals surface area (Å²) in [6.07, 6.45) is 4.67. The lowest BCUT2D eigenvalue weighted by Crippen LogP contribution is -2.34. The molecular formula is C18H27NO3. The van der Waals surface area contributed by atoms with Crippen molar-refractivity contribution in [3.63, 3.8) is 0 Å². The number of rotatable bonds is 7. The smallest absolute Gasteiger partial charge is 0.244 e. The van der Waals surface area contributed by atoms with Crippen molar-refractivity contribution in [3.8, 4) is 0 Å². The molecule has 1 aliphatic carbocycles. The normalized spacial score (nSPS) is 22.8. The monoisotopic (exact) mass is 305 g/mol. The lowest BCUT2D eigenvalue weighted by molar-refractivity contribution is -0.117. The molecule has 4 heteroatoms. The van der Waals surface area contributed by atoms with Crippen molar-refractivity contribution in [2.75, 3.05) is 6.54 Å². The standard InChI is InChI=1S/C18H27NO3/c1-12-9-15(12)16-7-5-14(22-16)6-8-17(21)19-11-18(3,4)10-13(2)20/h5-8,12-13,15,20H,9-11H2,1-4H3,(H,19,21)/b8-6+. The van der Waals surface area contributed by atoms with E-state index in [1.54, 1.807) is 13.0 Å². The molecule has 122 valence electrons. The highest BCUT2D eigenvalue weighted by molar-refractivity contribution is 5.91. The molecule has 1 heterocycles. The number of carbonyl (C=O) groups is 1. The summed E-state index contributed by atoms with van der Waals surface area (Å²) in [5, 5.41) is 12.3. The van der Waals surface area contributed by atoms with Crippen LogP contribution in [0, 0.1) is 11.3 Å². The Morgan fingerprint density at radius 2 is 2.23 bits per heavy atom. The lowest BCUT2D eigenvalue weighted by Gasteiger charge is -2.26. The summed E-state index contributed by atoms with van der Waals surface area (Å²) in [5.41, 5.74) is -0.127. The molecule has 4 nitrogen and oxygen atoms in total. The number of amides is 1. The van der Waals surface area contributed by atoms with Crippen LogP contribution in [0.1, 0.15) is 58.0 Å². The van der Waals surface area contributed by atoms with E-state index in [1.807, 2.05) is 26.0 Å². The van der Waals surface area contributed by atoms with Gasteiger partial charge in [0.1, 0.15) is 11.5 Å². The van der Waals surface area contributed by atoms with Crippen LogP contribution in [0.4, 0.5) is 0 Å². The van der Waals surface area contributed by atoms with Gasteiger partial charge in [-0.25, -0.2) is 0 Å². The Hall–Kier alpha value is -1.55. The van der Waals surface area contributed by atoms with Crippen molar-refractivity contribution < 1.29 is 14.3 Å². The molecule has 0 aromatic carbocycles. The molecular weight excluding hydrogens is 278 g/mol. The van der Waals surface area contributed by atoms with Crippen LogP contribution in [0.2, 0.25) is 0 Å². The summed E-state index contributed by atoms with van der Waals surface area (Å²) in [4.78, 5) is 11.9. The van der Waals surface area contributed by atoms with Crippen LogP contribution in [-0.2, 0) is 4.79 Å². The Morgan fingerprint density at radius 1 is 1.55 bits per heavy atom. The first-order valence-electron chi connectivity index (χ1n) is 8.00. The Morgan fingerprint density at radius 3 is 2.82 bits per heavy atom. The maximum absolute atomic E-state index is 11.9. The molecule has 0 bridgehead atoms. The molecule has 1 aromatic heterocycles. The van der Waals surface area contributed by atoms with E-state index in [0.29, 0.717) is 30.6 Å². The van der Waals surface area contributed by atoms with Gasteiger partial charge in [0.05, 0.1) is 6.10 Å². The molecule has 1 saturated carbocycles. The fraction of sp³-hybridized carbons (Fsp3) is 0.611. The van der Waals surface area contributed by atoms with E-state index >= 15 is 0 Å². The second-order valence-corrected chi connectivity index (χ2v) is 7.33. The third kappa shape index (κ3) is 5.02. The molecule has 3 unspecified atom stereocenters. The van der Waals surface area contributed by atoms with E-state index in [1.165, 1.54) is 12.5 Å². The number of hydrogen-bond acceptors (Lipinski definition) is 3. The van der Waals surface area contributed by atoms with Crippen LogP contribution < -0.4 is 5.32 Å². The largest absolute Gasteiger partial charge is 0.461 e. The quantitative estimate of drug-likeness (QED) is 0.760. The average Bonchev–Trinajstić information content (AvgIpc) is 2.96. The van der Waals surface area contributed by atoms with Crippen molar-refractivity contribution in [3.05, 3.63) is 29.7 Å². The van der Waals surface area contributed by atoms with Gasteiger partial charge in [0.15, 0.2) is 0 Å². The predicted molar refractivity (Wildman–Crippen MR) is 87.4 cm³/mol. The van der Waals surface area contributed by atoms with Crippen molar-refractivity contribution >= 4 is 12.0 Å². The Kier molecular flexibility index (Phi) is 5.12. The first kappa shape index (κ1) is 16.8. The SMILES string of the molecule is CC(O)CC(C)(C)CNC(=O)/C=C/c1ccc(C2CC2C)o1. The van der Waals surface area contributed by atoms with Gasteiger partial charge in [0.25, 0.3) is 0 Å². The van der Waals surface area contributed by atoms with Gasteiger partial charge in [-0.05, 0) is 49.3 Å². The minimum absolute atomic E-state index is 0.127. The predicted octanol–water partition coefficient (Wildman–Crippen LogP) is 3.33. The van der Waals surface area contributed by atoms with Crippen molar-refractivity contribution in [2.45, 2.75) is 52.6 Å². The molecule has 0 aliphatic heterocycles. The highest BCUT2D eigenvalue weighted by Crippen LogP contribution is 2.47. The highest BCUT2D eigenvalue weighted by atomic mass is 16.3. The number of aliphatic hydroxyl groups is 1. The van der Waals surface area contributed by atoms with Crippen LogP contribution in [-0.4, -0.2) is 23.7 Å². The number of nitrogens with one attached hydrogen (secondary N) is 1. The number of carbonyl (C=O) groups excluding carboxylic acids is 1. The van der Waals surface area contributed by atoms with Gasteiger partial charge >= 0.3 is 0 Å². The third-order valence-corrected chi connectivity index (χ3v) is 4.11. The molecule has 1 aliphatic rings.